The minimum absolute atomic E-state index is 0.386. The van der Waals surface area contributed by atoms with E-state index >= 15 is 0 Å². The van der Waals surface area contributed by atoms with Crippen LogP contribution in [0.2, 0.25) is 0 Å². The monoisotopic (exact) mass is 240 g/mol. The molecule has 0 aromatic heterocycles. The van der Waals surface area contributed by atoms with Crippen LogP contribution in [0.5, 0.6) is 5.75 Å². The zero-order chi connectivity index (χ0) is 12.8. The maximum atomic E-state index is 9.78. The van der Waals surface area contributed by atoms with Crippen LogP contribution in [0.3, 0.4) is 0 Å². The molecule has 94 valence electrons. The van der Waals surface area contributed by atoms with Crippen molar-refractivity contribution in [3.05, 3.63) is 65.2 Å². The second-order valence-electron chi connectivity index (χ2n) is 4.73. The normalized spacial score (nSPS) is 10.5. The predicted octanol–water partition coefficient (Wildman–Crippen LogP) is 4.33. The van der Waals surface area contributed by atoms with Gasteiger partial charge in [0.2, 0.25) is 0 Å². The van der Waals surface area contributed by atoms with E-state index < -0.39 is 0 Å². The van der Waals surface area contributed by atoms with Gasteiger partial charge < -0.3 is 5.11 Å². The van der Waals surface area contributed by atoms with Crippen LogP contribution < -0.4 is 0 Å². The van der Waals surface area contributed by atoms with Gasteiger partial charge in [0.1, 0.15) is 5.75 Å². The molecule has 0 aliphatic carbocycles. The van der Waals surface area contributed by atoms with E-state index in [1.807, 2.05) is 18.2 Å². The van der Waals surface area contributed by atoms with Crippen molar-refractivity contribution in [3.8, 4) is 5.75 Å². The van der Waals surface area contributed by atoms with Crippen molar-refractivity contribution in [2.24, 2.45) is 0 Å². The maximum Gasteiger partial charge on any atom is 0.119 e. The average Bonchev–Trinajstić information content (AvgIpc) is 2.40. The van der Waals surface area contributed by atoms with E-state index in [0.29, 0.717) is 5.75 Å². The summed E-state index contributed by atoms with van der Waals surface area (Å²) in [6.07, 6.45) is 4.40. The molecule has 0 amide bonds. The standard InChI is InChI=1S/C17H20O/c1-2-3-7-14-8-6-9-15(12-14)13-16-10-4-5-11-17(16)18/h4-6,8-12,18H,2-3,7,13H2,1H3. The number of unbranched alkanes of at least 4 members (excludes halogenated alkanes) is 1. The second kappa shape index (κ2) is 6.25. The summed E-state index contributed by atoms with van der Waals surface area (Å²) in [5, 5.41) is 9.78. The summed E-state index contributed by atoms with van der Waals surface area (Å²) in [4.78, 5) is 0. The van der Waals surface area contributed by atoms with E-state index in [1.54, 1.807) is 6.07 Å². The molecule has 0 saturated carbocycles. The Kier molecular flexibility index (Phi) is 4.40. The van der Waals surface area contributed by atoms with Gasteiger partial charge in [-0.1, -0.05) is 55.8 Å². The number of aromatic hydroxyl groups is 1. The molecule has 0 unspecified atom stereocenters. The van der Waals surface area contributed by atoms with Crippen LogP contribution in [0, 0.1) is 0 Å². The number of hydrogen-bond donors (Lipinski definition) is 1. The molecule has 2 aromatic carbocycles. The number of benzene rings is 2. The van der Waals surface area contributed by atoms with Gasteiger partial charge in [0, 0.05) is 6.42 Å². The topological polar surface area (TPSA) is 20.2 Å². The quantitative estimate of drug-likeness (QED) is 0.825. The van der Waals surface area contributed by atoms with Crippen molar-refractivity contribution in [1.29, 1.82) is 0 Å². The molecule has 2 aromatic rings. The molecule has 0 saturated heterocycles. The van der Waals surface area contributed by atoms with Crippen molar-refractivity contribution in [3.63, 3.8) is 0 Å². The highest BCUT2D eigenvalue weighted by molar-refractivity contribution is 5.37. The Labute approximate surface area is 109 Å². The molecule has 0 bridgehead atoms. The summed E-state index contributed by atoms with van der Waals surface area (Å²) in [6.45, 7) is 2.21. The predicted molar refractivity (Wildman–Crippen MR) is 76.0 cm³/mol. The smallest absolute Gasteiger partial charge is 0.119 e. The highest BCUT2D eigenvalue weighted by Gasteiger charge is 2.02. The molecule has 0 fully saturated rings. The first-order chi connectivity index (χ1) is 8.79. The van der Waals surface area contributed by atoms with E-state index in [-0.39, 0.29) is 0 Å². The highest BCUT2D eigenvalue weighted by atomic mass is 16.3. The van der Waals surface area contributed by atoms with E-state index in [2.05, 4.69) is 31.2 Å². The lowest BCUT2D eigenvalue weighted by atomic mass is 10.00. The SMILES string of the molecule is CCCCc1cccc(Cc2ccccc2O)c1. The Morgan fingerprint density at radius 2 is 1.72 bits per heavy atom. The van der Waals surface area contributed by atoms with E-state index in [9.17, 15) is 5.11 Å². The minimum Gasteiger partial charge on any atom is -0.508 e. The Morgan fingerprint density at radius 3 is 2.50 bits per heavy atom. The number of hydrogen-bond acceptors (Lipinski definition) is 1. The van der Waals surface area contributed by atoms with Crippen LogP contribution in [0.15, 0.2) is 48.5 Å². The molecule has 0 spiro atoms. The summed E-state index contributed by atoms with van der Waals surface area (Å²) in [7, 11) is 0. The molecular formula is C17H20O. The first kappa shape index (κ1) is 12.7. The molecule has 1 nitrogen and oxygen atoms in total. The van der Waals surface area contributed by atoms with Crippen molar-refractivity contribution in [2.75, 3.05) is 0 Å². The molecule has 1 heteroatoms. The minimum atomic E-state index is 0.386. The number of aryl methyl sites for hydroxylation is 1. The lowest BCUT2D eigenvalue weighted by Crippen LogP contribution is -1.91. The van der Waals surface area contributed by atoms with Gasteiger partial charge in [0.05, 0.1) is 0 Å². The fourth-order valence-corrected chi connectivity index (χ4v) is 2.16. The number of rotatable bonds is 5. The van der Waals surface area contributed by atoms with E-state index in [4.69, 9.17) is 0 Å². The summed E-state index contributed by atoms with van der Waals surface area (Å²) in [5.74, 6) is 0.386. The largest absolute Gasteiger partial charge is 0.508 e. The molecule has 0 aliphatic rings. The van der Waals surface area contributed by atoms with Crippen molar-refractivity contribution < 1.29 is 5.11 Å². The van der Waals surface area contributed by atoms with Gasteiger partial charge in [0.15, 0.2) is 0 Å². The van der Waals surface area contributed by atoms with Gasteiger partial charge in [-0.15, -0.1) is 0 Å². The Balaban J connectivity index is 2.12. The number of phenols is 1. The molecule has 18 heavy (non-hydrogen) atoms. The molecule has 0 heterocycles. The Morgan fingerprint density at radius 1 is 0.944 bits per heavy atom. The summed E-state index contributed by atoms with van der Waals surface area (Å²) >= 11 is 0. The van der Waals surface area contributed by atoms with Crippen molar-refractivity contribution in [1.82, 2.24) is 0 Å². The summed E-state index contributed by atoms with van der Waals surface area (Å²) < 4.78 is 0. The fraction of sp³-hybridized carbons (Fsp3) is 0.294. The molecule has 1 N–H and O–H groups in total. The first-order valence-corrected chi connectivity index (χ1v) is 6.64. The van der Waals surface area contributed by atoms with E-state index in [0.717, 1.165) is 18.4 Å². The second-order valence-corrected chi connectivity index (χ2v) is 4.73. The maximum absolute atomic E-state index is 9.78. The van der Waals surface area contributed by atoms with Crippen LogP contribution in [-0.4, -0.2) is 5.11 Å². The average molecular weight is 240 g/mol. The Hall–Kier alpha value is -1.76. The third-order valence-corrected chi connectivity index (χ3v) is 3.20. The number of para-hydroxylation sites is 1. The van der Waals surface area contributed by atoms with Gasteiger partial charge in [0.25, 0.3) is 0 Å². The molecular weight excluding hydrogens is 220 g/mol. The third kappa shape index (κ3) is 3.36. The van der Waals surface area contributed by atoms with Gasteiger partial charge in [-0.3, -0.25) is 0 Å². The van der Waals surface area contributed by atoms with Crippen LogP contribution in [0.25, 0.3) is 0 Å². The fourth-order valence-electron chi connectivity index (χ4n) is 2.16. The van der Waals surface area contributed by atoms with Crippen LogP contribution in [-0.2, 0) is 12.8 Å². The van der Waals surface area contributed by atoms with Gasteiger partial charge >= 0.3 is 0 Å². The zero-order valence-electron chi connectivity index (χ0n) is 10.9. The number of phenolic OH excluding ortho intramolecular Hbond substituents is 1. The Bertz CT molecular complexity index is 502. The van der Waals surface area contributed by atoms with Gasteiger partial charge in [-0.05, 0) is 35.6 Å². The third-order valence-electron chi connectivity index (χ3n) is 3.20. The van der Waals surface area contributed by atoms with Gasteiger partial charge in [-0.2, -0.15) is 0 Å². The van der Waals surface area contributed by atoms with Crippen molar-refractivity contribution in [2.45, 2.75) is 32.6 Å². The summed E-state index contributed by atoms with van der Waals surface area (Å²) in [6, 6.07) is 16.2. The van der Waals surface area contributed by atoms with Crippen molar-refractivity contribution >= 4 is 0 Å². The van der Waals surface area contributed by atoms with Crippen LogP contribution >= 0.6 is 0 Å². The zero-order valence-corrected chi connectivity index (χ0v) is 10.9. The lowest BCUT2D eigenvalue weighted by Gasteiger charge is -2.07. The highest BCUT2D eigenvalue weighted by Crippen LogP contribution is 2.20. The van der Waals surface area contributed by atoms with Gasteiger partial charge in [-0.25, -0.2) is 0 Å². The summed E-state index contributed by atoms with van der Waals surface area (Å²) in [5.41, 5.74) is 3.65. The van der Waals surface area contributed by atoms with Crippen LogP contribution in [0.4, 0.5) is 0 Å². The van der Waals surface area contributed by atoms with E-state index in [1.165, 1.54) is 24.0 Å². The molecule has 0 radical (unpaired) electrons. The first-order valence-electron chi connectivity index (χ1n) is 6.64. The molecule has 0 aliphatic heterocycles. The molecule has 2 rings (SSSR count). The lowest BCUT2D eigenvalue weighted by molar-refractivity contribution is 0.469. The molecule has 0 atom stereocenters. The van der Waals surface area contributed by atoms with Crippen LogP contribution in [0.1, 0.15) is 36.5 Å².